The fraction of sp³-hybridized carbons (Fsp3) is 0.240. The van der Waals surface area contributed by atoms with Gasteiger partial charge in [0.25, 0.3) is 0 Å². The Balaban J connectivity index is 1.53. The third kappa shape index (κ3) is 5.57. The van der Waals surface area contributed by atoms with Gasteiger partial charge >= 0.3 is 12.4 Å². The molecule has 3 heterocycles. The van der Waals surface area contributed by atoms with Gasteiger partial charge in [0.05, 0.1) is 17.3 Å². The van der Waals surface area contributed by atoms with Gasteiger partial charge in [0, 0.05) is 48.5 Å². The Morgan fingerprint density at radius 1 is 0.868 bits per heavy atom. The van der Waals surface area contributed by atoms with Crippen molar-refractivity contribution in [3.8, 4) is 11.1 Å². The average molecular weight is 533 g/mol. The van der Waals surface area contributed by atoms with E-state index in [-0.39, 0.29) is 12.0 Å². The summed E-state index contributed by atoms with van der Waals surface area (Å²) in [6.07, 6.45) is -4.30. The molecular formula is C25H21F6N7. The van der Waals surface area contributed by atoms with Gasteiger partial charge in [-0.25, -0.2) is 4.98 Å². The summed E-state index contributed by atoms with van der Waals surface area (Å²) >= 11 is 0. The second kappa shape index (κ2) is 9.63. The van der Waals surface area contributed by atoms with E-state index < -0.39 is 29.2 Å². The molecule has 7 nitrogen and oxygen atoms in total. The Labute approximate surface area is 212 Å². The Hall–Kier alpha value is -4.13. The molecule has 2 aromatic heterocycles. The minimum absolute atomic E-state index is 0.0650. The van der Waals surface area contributed by atoms with Crippen molar-refractivity contribution in [2.45, 2.75) is 25.3 Å². The van der Waals surface area contributed by atoms with Crippen molar-refractivity contribution in [3.63, 3.8) is 0 Å². The molecule has 0 amide bonds. The highest BCUT2D eigenvalue weighted by molar-refractivity contribution is 5.78. The molecule has 0 aliphatic carbocycles. The average Bonchev–Trinajstić information content (AvgIpc) is 3.29. The summed E-state index contributed by atoms with van der Waals surface area (Å²) in [6.45, 7) is 1.59. The second-order valence-electron chi connectivity index (χ2n) is 8.81. The lowest BCUT2D eigenvalue weighted by atomic mass is 10.0. The summed E-state index contributed by atoms with van der Waals surface area (Å²) in [5, 5.41) is 13.2. The molecule has 0 saturated carbocycles. The number of nitrogens with one attached hydrogen (secondary N) is 3. The van der Waals surface area contributed by atoms with Crippen LogP contribution in [0, 0.1) is 0 Å². The number of fused-ring (bicyclic) bond motifs is 1. The molecule has 0 radical (unpaired) electrons. The Morgan fingerprint density at radius 2 is 1.61 bits per heavy atom. The molecule has 0 atom stereocenters. The summed E-state index contributed by atoms with van der Waals surface area (Å²) in [5.41, 5.74) is 0.912. The van der Waals surface area contributed by atoms with Crippen LogP contribution in [0.5, 0.6) is 0 Å². The highest BCUT2D eigenvalue weighted by Gasteiger charge is 2.37. The molecule has 0 saturated heterocycles. The van der Waals surface area contributed by atoms with E-state index in [4.69, 9.17) is 0 Å². The largest absolute Gasteiger partial charge is 0.416 e. The normalized spacial score (nSPS) is 13.8. The number of nitrogens with zero attached hydrogens (tertiary/aromatic N) is 4. The number of anilines is 4. The molecule has 0 fully saturated rings. The predicted octanol–water partition coefficient (Wildman–Crippen LogP) is 6.05. The molecule has 1 aliphatic heterocycles. The molecule has 2 aromatic carbocycles. The zero-order chi connectivity index (χ0) is 27.1. The maximum Gasteiger partial charge on any atom is 0.416 e. The van der Waals surface area contributed by atoms with Crippen molar-refractivity contribution in [1.82, 2.24) is 25.1 Å². The van der Waals surface area contributed by atoms with Crippen molar-refractivity contribution in [2.75, 3.05) is 17.2 Å². The first kappa shape index (κ1) is 25.5. The smallest absolute Gasteiger partial charge is 0.340 e. The maximum absolute atomic E-state index is 13.3. The molecule has 198 valence electrons. The van der Waals surface area contributed by atoms with Gasteiger partial charge in [-0.15, -0.1) is 0 Å². The standard InChI is InChI=1S/C25H21F6N7/c1-38-13-16(11-34-38)21-12-33-23(36-20-8-17(24(26,27)28)7-18(9-20)25(29,30)31)37-22(21)35-19-3-2-14-4-5-32-10-15(14)6-19/h2-3,6-9,11-13,32H,4-5,10H2,1H3,(H2,33,35,36,37). The van der Waals surface area contributed by atoms with E-state index in [9.17, 15) is 26.3 Å². The number of aryl methyl sites for hydroxylation is 1. The van der Waals surface area contributed by atoms with Crippen LogP contribution in [-0.2, 0) is 32.4 Å². The number of benzene rings is 2. The van der Waals surface area contributed by atoms with Gasteiger partial charge < -0.3 is 16.0 Å². The summed E-state index contributed by atoms with van der Waals surface area (Å²) in [7, 11) is 1.73. The van der Waals surface area contributed by atoms with Gasteiger partial charge in [-0.05, 0) is 54.4 Å². The van der Waals surface area contributed by atoms with Gasteiger partial charge in [0.1, 0.15) is 5.82 Å². The molecule has 1 aliphatic rings. The van der Waals surface area contributed by atoms with E-state index in [0.717, 1.165) is 18.5 Å². The van der Waals surface area contributed by atoms with E-state index in [1.807, 2.05) is 18.2 Å². The van der Waals surface area contributed by atoms with Crippen molar-refractivity contribution < 1.29 is 26.3 Å². The lowest BCUT2D eigenvalue weighted by Crippen LogP contribution is -2.23. The fourth-order valence-electron chi connectivity index (χ4n) is 4.16. The van der Waals surface area contributed by atoms with Crippen LogP contribution in [0.4, 0.5) is 49.5 Å². The molecule has 5 rings (SSSR count). The van der Waals surface area contributed by atoms with Gasteiger partial charge in [-0.3, -0.25) is 4.68 Å². The van der Waals surface area contributed by atoms with Crippen molar-refractivity contribution in [1.29, 1.82) is 0 Å². The van der Waals surface area contributed by atoms with E-state index >= 15 is 0 Å². The van der Waals surface area contributed by atoms with Crippen LogP contribution in [0.25, 0.3) is 11.1 Å². The molecule has 3 N–H and O–H groups in total. The minimum atomic E-state index is -4.98. The van der Waals surface area contributed by atoms with Crippen molar-refractivity contribution >= 4 is 23.1 Å². The third-order valence-electron chi connectivity index (χ3n) is 6.00. The Bertz CT molecular complexity index is 1440. The van der Waals surface area contributed by atoms with E-state index in [2.05, 4.69) is 31.0 Å². The number of aromatic nitrogens is 4. The van der Waals surface area contributed by atoms with Crippen LogP contribution in [0.15, 0.2) is 55.0 Å². The number of alkyl halides is 6. The first-order valence-corrected chi connectivity index (χ1v) is 11.5. The molecule has 38 heavy (non-hydrogen) atoms. The number of hydrogen-bond acceptors (Lipinski definition) is 6. The van der Waals surface area contributed by atoms with Crippen LogP contribution in [0.1, 0.15) is 22.3 Å². The molecule has 0 unspecified atom stereocenters. The fourth-order valence-corrected chi connectivity index (χ4v) is 4.16. The third-order valence-corrected chi connectivity index (χ3v) is 6.00. The summed E-state index contributed by atoms with van der Waals surface area (Å²) < 4.78 is 81.4. The van der Waals surface area contributed by atoms with Crippen LogP contribution in [-0.4, -0.2) is 26.3 Å². The number of hydrogen-bond donors (Lipinski definition) is 3. The highest BCUT2D eigenvalue weighted by atomic mass is 19.4. The summed E-state index contributed by atoms with van der Waals surface area (Å²) in [4.78, 5) is 8.54. The lowest BCUT2D eigenvalue weighted by molar-refractivity contribution is -0.143. The molecule has 4 aromatic rings. The minimum Gasteiger partial charge on any atom is -0.340 e. The molecule has 0 bridgehead atoms. The van der Waals surface area contributed by atoms with Crippen LogP contribution in [0.2, 0.25) is 0 Å². The highest BCUT2D eigenvalue weighted by Crippen LogP contribution is 2.38. The van der Waals surface area contributed by atoms with E-state index in [0.29, 0.717) is 41.3 Å². The van der Waals surface area contributed by atoms with E-state index in [1.165, 1.54) is 11.8 Å². The van der Waals surface area contributed by atoms with Gasteiger partial charge in [-0.1, -0.05) is 6.07 Å². The van der Waals surface area contributed by atoms with Gasteiger partial charge in [0.2, 0.25) is 5.95 Å². The zero-order valence-electron chi connectivity index (χ0n) is 19.9. The first-order chi connectivity index (χ1) is 18.0. The van der Waals surface area contributed by atoms with Crippen LogP contribution >= 0.6 is 0 Å². The summed E-state index contributed by atoms with van der Waals surface area (Å²) in [6, 6.07) is 7.08. The van der Waals surface area contributed by atoms with Crippen LogP contribution < -0.4 is 16.0 Å². The molecule has 13 heteroatoms. The maximum atomic E-state index is 13.3. The first-order valence-electron chi connectivity index (χ1n) is 11.5. The van der Waals surface area contributed by atoms with Crippen molar-refractivity contribution in [2.24, 2.45) is 7.05 Å². The van der Waals surface area contributed by atoms with E-state index in [1.54, 1.807) is 24.1 Å². The Kier molecular flexibility index (Phi) is 6.47. The van der Waals surface area contributed by atoms with Crippen LogP contribution in [0.3, 0.4) is 0 Å². The number of rotatable bonds is 5. The monoisotopic (exact) mass is 533 g/mol. The lowest BCUT2D eigenvalue weighted by Gasteiger charge is -2.19. The summed E-state index contributed by atoms with van der Waals surface area (Å²) in [5.74, 6) is 0.106. The quantitative estimate of drug-likeness (QED) is 0.271. The zero-order valence-corrected chi connectivity index (χ0v) is 19.9. The van der Waals surface area contributed by atoms with Gasteiger partial charge in [-0.2, -0.15) is 36.4 Å². The molecule has 0 spiro atoms. The number of halogens is 6. The second-order valence-corrected chi connectivity index (χ2v) is 8.81. The SMILES string of the molecule is Cn1cc(-c2cnc(Nc3cc(C(F)(F)F)cc(C(F)(F)F)c3)nc2Nc2ccc3c(c2)CNCC3)cn1. The Morgan fingerprint density at radius 3 is 2.26 bits per heavy atom. The van der Waals surface area contributed by atoms with Gasteiger partial charge in [0.15, 0.2) is 0 Å². The van der Waals surface area contributed by atoms with Crippen molar-refractivity contribution in [3.05, 3.63) is 77.2 Å². The molecular weight excluding hydrogens is 512 g/mol. The topological polar surface area (TPSA) is 79.7 Å². The predicted molar refractivity (Wildman–Crippen MR) is 129 cm³/mol.